The summed E-state index contributed by atoms with van der Waals surface area (Å²) in [5.41, 5.74) is 3.47. The number of benzene rings is 1. The molecular formula is C20H24BrFN6O. The molecule has 2 amide bonds. The van der Waals surface area contributed by atoms with Crippen LogP contribution >= 0.6 is 15.9 Å². The van der Waals surface area contributed by atoms with E-state index in [2.05, 4.69) is 31.3 Å². The van der Waals surface area contributed by atoms with Crippen molar-refractivity contribution in [3.8, 4) is 6.07 Å². The lowest BCUT2D eigenvalue weighted by Crippen LogP contribution is -2.51. The standard InChI is InChI=1S/C20H24BrFN6O/c1-4-5-10-27(16-8-6-15(22)7-9-16)20(29)26-28(13-14(2)3)19-17(21)12-24-18(11-23)25-19/h6-9,12,14H,4-5,10,13H2,1-3H3,(H,26,29). The predicted molar refractivity (Wildman–Crippen MR) is 114 cm³/mol. The molecular weight excluding hydrogens is 439 g/mol. The molecule has 29 heavy (non-hydrogen) atoms. The molecule has 0 radical (unpaired) electrons. The maximum atomic E-state index is 13.3. The zero-order valence-electron chi connectivity index (χ0n) is 16.7. The third-order valence-corrected chi connectivity index (χ3v) is 4.54. The summed E-state index contributed by atoms with van der Waals surface area (Å²) in [6.07, 6.45) is 3.18. The van der Waals surface area contributed by atoms with E-state index in [1.165, 1.54) is 18.3 Å². The molecule has 0 spiro atoms. The van der Waals surface area contributed by atoms with Crippen LogP contribution < -0.4 is 15.3 Å². The number of nitriles is 1. The Morgan fingerprint density at radius 3 is 2.62 bits per heavy atom. The van der Waals surface area contributed by atoms with E-state index in [4.69, 9.17) is 5.26 Å². The van der Waals surface area contributed by atoms with E-state index in [0.717, 1.165) is 12.8 Å². The van der Waals surface area contributed by atoms with E-state index in [9.17, 15) is 9.18 Å². The number of anilines is 2. The number of carbonyl (C=O) groups excluding carboxylic acids is 1. The number of hydrogen-bond acceptors (Lipinski definition) is 5. The topological polar surface area (TPSA) is 85.2 Å². The minimum atomic E-state index is -0.366. The van der Waals surface area contributed by atoms with Crippen molar-refractivity contribution in [2.24, 2.45) is 5.92 Å². The van der Waals surface area contributed by atoms with Gasteiger partial charge in [-0.15, -0.1) is 0 Å². The van der Waals surface area contributed by atoms with Crippen LogP contribution in [-0.2, 0) is 0 Å². The Bertz CT molecular complexity index is 868. The quantitative estimate of drug-likeness (QED) is 0.577. The Kier molecular flexibility index (Phi) is 8.34. The highest BCUT2D eigenvalue weighted by Crippen LogP contribution is 2.23. The summed E-state index contributed by atoms with van der Waals surface area (Å²) in [5, 5.41) is 10.7. The molecule has 9 heteroatoms. The average molecular weight is 463 g/mol. The molecule has 0 saturated carbocycles. The molecule has 0 saturated heterocycles. The lowest BCUT2D eigenvalue weighted by Gasteiger charge is -2.30. The number of urea groups is 1. The third-order valence-electron chi connectivity index (χ3n) is 3.98. The monoisotopic (exact) mass is 462 g/mol. The Balaban J connectivity index is 2.33. The first-order valence-electron chi connectivity index (χ1n) is 9.39. The molecule has 7 nitrogen and oxygen atoms in total. The zero-order valence-corrected chi connectivity index (χ0v) is 18.3. The second-order valence-electron chi connectivity index (χ2n) is 6.88. The molecule has 2 aromatic rings. The van der Waals surface area contributed by atoms with Gasteiger partial charge >= 0.3 is 6.03 Å². The van der Waals surface area contributed by atoms with E-state index in [-0.39, 0.29) is 23.6 Å². The van der Waals surface area contributed by atoms with Crippen LogP contribution in [0.5, 0.6) is 0 Å². The summed E-state index contributed by atoms with van der Waals surface area (Å²) < 4.78 is 13.9. The lowest BCUT2D eigenvalue weighted by molar-refractivity contribution is 0.244. The number of hydrogen-bond donors (Lipinski definition) is 1. The number of hydrazine groups is 1. The number of nitrogens with zero attached hydrogens (tertiary/aromatic N) is 5. The van der Waals surface area contributed by atoms with E-state index in [1.807, 2.05) is 26.8 Å². The predicted octanol–water partition coefficient (Wildman–Crippen LogP) is 4.64. The van der Waals surface area contributed by atoms with E-state index >= 15 is 0 Å². The summed E-state index contributed by atoms with van der Waals surface area (Å²) in [5.74, 6) is 0.248. The van der Waals surface area contributed by atoms with Crippen molar-refractivity contribution >= 4 is 33.5 Å². The largest absolute Gasteiger partial charge is 0.340 e. The van der Waals surface area contributed by atoms with Crippen molar-refractivity contribution in [3.63, 3.8) is 0 Å². The van der Waals surface area contributed by atoms with Crippen molar-refractivity contribution in [3.05, 3.63) is 46.6 Å². The maximum absolute atomic E-state index is 13.3. The molecule has 1 aromatic heterocycles. The molecule has 0 unspecified atom stereocenters. The number of amides is 2. The first-order chi connectivity index (χ1) is 13.8. The molecule has 1 heterocycles. The van der Waals surface area contributed by atoms with Crippen LogP contribution in [0.25, 0.3) is 0 Å². The van der Waals surface area contributed by atoms with Gasteiger partial charge in [-0.2, -0.15) is 10.2 Å². The Morgan fingerprint density at radius 1 is 1.34 bits per heavy atom. The van der Waals surface area contributed by atoms with Gasteiger partial charge in [0.15, 0.2) is 5.82 Å². The van der Waals surface area contributed by atoms with Gasteiger partial charge < -0.3 is 0 Å². The van der Waals surface area contributed by atoms with Gasteiger partial charge in [0.05, 0.1) is 4.47 Å². The summed E-state index contributed by atoms with van der Waals surface area (Å²) in [6, 6.07) is 7.35. The lowest BCUT2D eigenvalue weighted by atomic mass is 10.2. The fourth-order valence-electron chi connectivity index (χ4n) is 2.61. The van der Waals surface area contributed by atoms with Gasteiger partial charge in [-0.1, -0.05) is 27.2 Å². The Hall–Kier alpha value is -2.73. The minimum Gasteiger partial charge on any atom is -0.293 e. The first kappa shape index (κ1) is 22.6. The molecule has 1 N–H and O–H groups in total. The van der Waals surface area contributed by atoms with Crippen molar-refractivity contribution in [1.82, 2.24) is 15.4 Å². The molecule has 154 valence electrons. The molecule has 2 rings (SSSR count). The zero-order chi connectivity index (χ0) is 21.4. The summed E-state index contributed by atoms with van der Waals surface area (Å²) in [7, 11) is 0. The van der Waals surface area contributed by atoms with Crippen molar-refractivity contribution in [2.75, 3.05) is 23.0 Å². The van der Waals surface area contributed by atoms with Gasteiger partial charge in [-0.25, -0.2) is 19.6 Å². The van der Waals surface area contributed by atoms with Crippen molar-refractivity contribution < 1.29 is 9.18 Å². The fourth-order valence-corrected chi connectivity index (χ4v) is 3.02. The van der Waals surface area contributed by atoms with Crippen LogP contribution in [-0.4, -0.2) is 29.1 Å². The SMILES string of the molecule is CCCCN(C(=O)NN(CC(C)C)c1nc(C#N)ncc1Br)c1ccc(F)cc1. The Labute approximate surface area is 178 Å². The molecule has 0 atom stereocenters. The van der Waals surface area contributed by atoms with E-state index in [1.54, 1.807) is 22.0 Å². The highest BCUT2D eigenvalue weighted by Gasteiger charge is 2.22. The highest BCUT2D eigenvalue weighted by atomic mass is 79.9. The molecule has 0 aliphatic rings. The second kappa shape index (κ2) is 10.7. The number of aromatic nitrogens is 2. The van der Waals surface area contributed by atoms with E-state index < -0.39 is 0 Å². The van der Waals surface area contributed by atoms with Crippen LogP contribution in [0.3, 0.4) is 0 Å². The van der Waals surface area contributed by atoms with Crippen LogP contribution in [0, 0.1) is 23.1 Å². The van der Waals surface area contributed by atoms with Gasteiger partial charge in [0.2, 0.25) is 5.82 Å². The van der Waals surface area contributed by atoms with Gasteiger partial charge in [0.25, 0.3) is 0 Å². The summed E-state index contributed by atoms with van der Waals surface area (Å²) in [6.45, 7) is 7.00. The van der Waals surface area contributed by atoms with Crippen LogP contribution in [0.2, 0.25) is 0 Å². The van der Waals surface area contributed by atoms with Crippen molar-refractivity contribution in [2.45, 2.75) is 33.6 Å². The molecule has 0 aliphatic heterocycles. The van der Waals surface area contributed by atoms with Gasteiger partial charge in [0, 0.05) is 25.0 Å². The maximum Gasteiger partial charge on any atom is 0.340 e. The van der Waals surface area contributed by atoms with Crippen LogP contribution in [0.1, 0.15) is 39.4 Å². The molecule has 0 fully saturated rings. The van der Waals surface area contributed by atoms with Gasteiger partial charge in [0.1, 0.15) is 11.9 Å². The smallest absolute Gasteiger partial charge is 0.293 e. The number of rotatable bonds is 8. The average Bonchev–Trinajstić information content (AvgIpc) is 2.69. The molecule has 0 bridgehead atoms. The normalized spacial score (nSPS) is 10.5. The number of halogens is 2. The van der Waals surface area contributed by atoms with Crippen LogP contribution in [0.4, 0.5) is 20.7 Å². The minimum absolute atomic E-state index is 0.00702. The summed E-state index contributed by atoms with van der Waals surface area (Å²) >= 11 is 3.39. The Morgan fingerprint density at radius 2 is 2.03 bits per heavy atom. The number of carbonyl (C=O) groups is 1. The van der Waals surface area contributed by atoms with Gasteiger partial charge in [-0.05, 0) is 52.5 Å². The second-order valence-corrected chi connectivity index (χ2v) is 7.73. The van der Waals surface area contributed by atoms with Gasteiger partial charge in [-0.3, -0.25) is 9.91 Å². The fraction of sp³-hybridized carbons (Fsp3) is 0.400. The highest BCUT2D eigenvalue weighted by molar-refractivity contribution is 9.10. The molecule has 0 aliphatic carbocycles. The number of unbranched alkanes of at least 4 members (excludes halogenated alkanes) is 1. The molecule has 1 aromatic carbocycles. The third kappa shape index (κ3) is 6.39. The first-order valence-corrected chi connectivity index (χ1v) is 10.2. The van der Waals surface area contributed by atoms with Crippen molar-refractivity contribution in [1.29, 1.82) is 5.26 Å². The van der Waals surface area contributed by atoms with Crippen LogP contribution in [0.15, 0.2) is 34.9 Å². The summed E-state index contributed by atoms with van der Waals surface area (Å²) in [4.78, 5) is 22.8. The number of nitrogens with one attached hydrogen (secondary N) is 1. The van der Waals surface area contributed by atoms with E-state index in [0.29, 0.717) is 29.1 Å².